The fourth-order valence-electron chi connectivity index (χ4n) is 1.12. The highest BCUT2D eigenvalue weighted by molar-refractivity contribution is 4.79. The van der Waals surface area contributed by atoms with Gasteiger partial charge in [-0.15, -0.1) is 0 Å². The third-order valence-electron chi connectivity index (χ3n) is 2.09. The molecule has 0 saturated carbocycles. The van der Waals surface area contributed by atoms with Crippen molar-refractivity contribution >= 4 is 0 Å². The predicted octanol–water partition coefficient (Wildman–Crippen LogP) is 1.94. The second-order valence-corrected chi connectivity index (χ2v) is 4.27. The maximum atomic E-state index is 5.54. The van der Waals surface area contributed by atoms with Crippen LogP contribution in [0.15, 0.2) is 12.8 Å². The lowest BCUT2D eigenvalue weighted by Gasteiger charge is -2.40. The molecule has 0 amide bonds. The fourth-order valence-corrected chi connectivity index (χ4v) is 1.12. The Morgan fingerprint density at radius 1 is 1.31 bits per heavy atom. The Morgan fingerprint density at radius 3 is 2.31 bits per heavy atom. The van der Waals surface area contributed by atoms with E-state index in [1.807, 2.05) is 13.8 Å². The molecule has 1 fully saturated rings. The van der Waals surface area contributed by atoms with Crippen molar-refractivity contribution in [1.29, 1.82) is 0 Å². The summed E-state index contributed by atoms with van der Waals surface area (Å²) in [7, 11) is 0. The Hall–Kier alpha value is -0.540. The normalized spacial score (nSPS) is 25.2. The molecule has 13 heavy (non-hydrogen) atoms. The van der Waals surface area contributed by atoms with E-state index < -0.39 is 5.79 Å². The third kappa shape index (κ3) is 3.01. The first-order valence-electron chi connectivity index (χ1n) is 4.48. The van der Waals surface area contributed by atoms with Crippen LogP contribution in [0.3, 0.4) is 0 Å². The average molecular weight is 186 g/mol. The summed E-state index contributed by atoms with van der Waals surface area (Å²) < 4.78 is 16.2. The van der Waals surface area contributed by atoms with Gasteiger partial charge in [0.25, 0.3) is 0 Å². The minimum atomic E-state index is -0.451. The molecule has 0 aromatic rings. The highest BCUT2D eigenvalue weighted by Crippen LogP contribution is 2.29. The monoisotopic (exact) mass is 186 g/mol. The van der Waals surface area contributed by atoms with Crippen LogP contribution in [0.5, 0.6) is 0 Å². The van der Waals surface area contributed by atoms with Gasteiger partial charge in [0, 0.05) is 5.41 Å². The van der Waals surface area contributed by atoms with E-state index in [0.29, 0.717) is 19.8 Å². The summed E-state index contributed by atoms with van der Waals surface area (Å²) in [6.07, 6.45) is 1.45. The molecule has 0 radical (unpaired) electrons. The van der Waals surface area contributed by atoms with Crippen LogP contribution in [0.25, 0.3) is 0 Å². The maximum Gasteiger partial charge on any atom is 0.162 e. The summed E-state index contributed by atoms with van der Waals surface area (Å²) in [5.41, 5.74) is -0.0519. The van der Waals surface area contributed by atoms with E-state index in [-0.39, 0.29) is 5.41 Å². The zero-order valence-electron chi connectivity index (χ0n) is 8.63. The van der Waals surface area contributed by atoms with E-state index in [0.717, 1.165) is 0 Å². The van der Waals surface area contributed by atoms with Crippen molar-refractivity contribution in [3.8, 4) is 0 Å². The van der Waals surface area contributed by atoms with Crippen LogP contribution >= 0.6 is 0 Å². The molecule has 3 heteroatoms. The summed E-state index contributed by atoms with van der Waals surface area (Å²) in [6, 6.07) is 0. The van der Waals surface area contributed by atoms with Crippen molar-refractivity contribution < 1.29 is 14.2 Å². The van der Waals surface area contributed by atoms with E-state index in [1.54, 1.807) is 0 Å². The number of hydrogen-bond donors (Lipinski definition) is 0. The van der Waals surface area contributed by atoms with E-state index >= 15 is 0 Å². The van der Waals surface area contributed by atoms with Gasteiger partial charge in [0.2, 0.25) is 0 Å². The molecule has 0 aromatic heterocycles. The minimum Gasteiger partial charge on any atom is -0.501 e. The van der Waals surface area contributed by atoms with Crippen molar-refractivity contribution in [3.05, 3.63) is 12.8 Å². The Balaban J connectivity index is 2.41. The maximum absolute atomic E-state index is 5.54. The molecule has 1 aliphatic heterocycles. The van der Waals surface area contributed by atoms with Gasteiger partial charge in [-0.05, 0) is 13.8 Å². The molecule has 0 bridgehead atoms. The molecule has 1 rings (SSSR count). The lowest BCUT2D eigenvalue weighted by molar-refractivity contribution is -0.286. The zero-order valence-corrected chi connectivity index (χ0v) is 8.63. The van der Waals surface area contributed by atoms with Crippen LogP contribution in [0, 0.1) is 5.41 Å². The van der Waals surface area contributed by atoms with E-state index in [4.69, 9.17) is 14.2 Å². The number of hydrogen-bond acceptors (Lipinski definition) is 3. The van der Waals surface area contributed by atoms with Gasteiger partial charge in [-0.3, -0.25) is 0 Å². The second-order valence-electron chi connectivity index (χ2n) is 4.27. The van der Waals surface area contributed by atoms with Crippen molar-refractivity contribution in [2.75, 3.05) is 19.8 Å². The first-order valence-corrected chi connectivity index (χ1v) is 4.48. The van der Waals surface area contributed by atoms with E-state index in [1.165, 1.54) is 6.26 Å². The lowest BCUT2D eigenvalue weighted by Crippen LogP contribution is -2.47. The topological polar surface area (TPSA) is 27.7 Å². The Labute approximate surface area is 79.7 Å². The van der Waals surface area contributed by atoms with Crippen LogP contribution < -0.4 is 0 Å². The van der Waals surface area contributed by atoms with E-state index in [9.17, 15) is 0 Å². The standard InChI is InChI=1S/C10H18O3/c1-5-11-6-10(4)7-12-9(2,3)13-8-10/h5H,1,6-8H2,2-4H3. The molecule has 0 spiro atoms. The smallest absolute Gasteiger partial charge is 0.162 e. The molecule has 0 aromatic carbocycles. The SMILES string of the molecule is C=COCC1(C)COC(C)(C)OC1. The van der Waals surface area contributed by atoms with Crippen molar-refractivity contribution in [3.63, 3.8) is 0 Å². The van der Waals surface area contributed by atoms with Gasteiger partial charge in [0.05, 0.1) is 26.1 Å². The highest BCUT2D eigenvalue weighted by atomic mass is 16.7. The van der Waals surface area contributed by atoms with Gasteiger partial charge in [-0.2, -0.15) is 0 Å². The van der Waals surface area contributed by atoms with Crippen LogP contribution in [-0.4, -0.2) is 25.6 Å². The molecule has 1 aliphatic rings. The first-order chi connectivity index (χ1) is 5.97. The predicted molar refractivity (Wildman–Crippen MR) is 50.2 cm³/mol. The molecule has 0 aliphatic carbocycles. The quantitative estimate of drug-likeness (QED) is 0.630. The summed E-state index contributed by atoms with van der Waals surface area (Å²) in [5, 5.41) is 0. The molecular formula is C10H18O3. The lowest BCUT2D eigenvalue weighted by atomic mass is 9.93. The summed E-state index contributed by atoms with van der Waals surface area (Å²) in [6.45, 7) is 11.3. The molecule has 0 atom stereocenters. The first kappa shape index (κ1) is 10.5. The largest absolute Gasteiger partial charge is 0.501 e. The van der Waals surface area contributed by atoms with Crippen molar-refractivity contribution in [2.24, 2.45) is 5.41 Å². The van der Waals surface area contributed by atoms with Crippen LogP contribution in [0.2, 0.25) is 0 Å². The number of ether oxygens (including phenoxy) is 3. The molecule has 3 nitrogen and oxygen atoms in total. The van der Waals surface area contributed by atoms with Gasteiger partial charge in [-0.1, -0.05) is 13.5 Å². The van der Waals surface area contributed by atoms with Crippen LogP contribution in [0.1, 0.15) is 20.8 Å². The third-order valence-corrected chi connectivity index (χ3v) is 2.09. The van der Waals surface area contributed by atoms with Crippen LogP contribution in [-0.2, 0) is 14.2 Å². The minimum absolute atomic E-state index is 0.0519. The molecule has 0 N–H and O–H groups in total. The summed E-state index contributed by atoms with van der Waals surface area (Å²) in [5.74, 6) is -0.451. The van der Waals surface area contributed by atoms with Gasteiger partial charge in [0.1, 0.15) is 0 Å². The molecule has 0 unspecified atom stereocenters. The Bertz CT molecular complexity index is 177. The highest BCUT2D eigenvalue weighted by Gasteiger charge is 2.36. The fraction of sp³-hybridized carbons (Fsp3) is 0.800. The summed E-state index contributed by atoms with van der Waals surface area (Å²) >= 11 is 0. The van der Waals surface area contributed by atoms with Gasteiger partial charge in [0.15, 0.2) is 5.79 Å². The van der Waals surface area contributed by atoms with E-state index in [2.05, 4.69) is 13.5 Å². The Morgan fingerprint density at radius 2 is 1.85 bits per heavy atom. The zero-order chi connectivity index (χ0) is 9.95. The molecule has 1 heterocycles. The average Bonchev–Trinajstić information content (AvgIpc) is 2.08. The van der Waals surface area contributed by atoms with Crippen molar-refractivity contribution in [2.45, 2.75) is 26.6 Å². The second kappa shape index (κ2) is 3.68. The number of rotatable bonds is 3. The Kier molecular flexibility index (Phi) is 2.98. The van der Waals surface area contributed by atoms with Gasteiger partial charge in [-0.25, -0.2) is 0 Å². The molecule has 1 saturated heterocycles. The summed E-state index contributed by atoms with van der Waals surface area (Å²) in [4.78, 5) is 0. The molecular weight excluding hydrogens is 168 g/mol. The van der Waals surface area contributed by atoms with Gasteiger partial charge >= 0.3 is 0 Å². The van der Waals surface area contributed by atoms with Crippen LogP contribution in [0.4, 0.5) is 0 Å². The van der Waals surface area contributed by atoms with Gasteiger partial charge < -0.3 is 14.2 Å². The molecule has 76 valence electrons. The van der Waals surface area contributed by atoms with Crippen molar-refractivity contribution in [1.82, 2.24) is 0 Å².